The highest BCUT2D eigenvalue weighted by atomic mass is 19.1. The zero-order chi connectivity index (χ0) is 19.4. The number of nitrogens with zero attached hydrogens (tertiary/aromatic N) is 3. The summed E-state index contributed by atoms with van der Waals surface area (Å²) >= 11 is 0. The van der Waals surface area contributed by atoms with Crippen LogP contribution in [0.3, 0.4) is 0 Å². The van der Waals surface area contributed by atoms with Gasteiger partial charge < -0.3 is 10.6 Å². The minimum absolute atomic E-state index is 0.179. The molecular formula is C21H30FN5. The van der Waals surface area contributed by atoms with Crippen LogP contribution >= 0.6 is 0 Å². The van der Waals surface area contributed by atoms with Crippen molar-refractivity contribution in [1.29, 1.82) is 0 Å². The fourth-order valence-corrected chi connectivity index (χ4v) is 3.32. The predicted molar refractivity (Wildman–Crippen MR) is 108 cm³/mol. The highest BCUT2D eigenvalue weighted by molar-refractivity contribution is 5.80. The number of aliphatic imine (C=N–C) groups is 1. The summed E-state index contributed by atoms with van der Waals surface area (Å²) in [5.74, 6) is 0.594. The minimum Gasteiger partial charge on any atom is -0.357 e. The van der Waals surface area contributed by atoms with Gasteiger partial charge in [0.05, 0.1) is 12.2 Å². The summed E-state index contributed by atoms with van der Waals surface area (Å²) in [6.07, 6.45) is 5.17. The molecule has 1 atom stereocenters. The molecule has 1 aromatic carbocycles. The van der Waals surface area contributed by atoms with Crippen molar-refractivity contribution in [1.82, 2.24) is 20.4 Å². The molecule has 0 spiro atoms. The van der Waals surface area contributed by atoms with Crippen LogP contribution in [0.4, 0.5) is 4.39 Å². The summed E-state index contributed by atoms with van der Waals surface area (Å²) < 4.78 is 15.8. The SMILES string of the molecule is CCNC(=NCc1ccc(C)c(F)c1)NC1CCc2cn(C(C)C)nc2C1. The first-order valence-corrected chi connectivity index (χ1v) is 9.83. The predicted octanol–water partition coefficient (Wildman–Crippen LogP) is 3.52. The molecular weight excluding hydrogens is 341 g/mol. The summed E-state index contributed by atoms with van der Waals surface area (Å²) in [6, 6.07) is 5.98. The second-order valence-corrected chi connectivity index (χ2v) is 7.54. The number of aromatic nitrogens is 2. The summed E-state index contributed by atoms with van der Waals surface area (Å²) in [6.45, 7) is 9.36. The Morgan fingerprint density at radius 1 is 1.41 bits per heavy atom. The number of hydrogen-bond acceptors (Lipinski definition) is 2. The average molecular weight is 372 g/mol. The molecule has 27 heavy (non-hydrogen) atoms. The second kappa shape index (κ2) is 8.55. The summed E-state index contributed by atoms with van der Waals surface area (Å²) in [4.78, 5) is 4.64. The molecule has 2 N–H and O–H groups in total. The fraction of sp³-hybridized carbons (Fsp3) is 0.524. The van der Waals surface area contributed by atoms with Gasteiger partial charge in [-0.15, -0.1) is 0 Å². The van der Waals surface area contributed by atoms with Crippen molar-refractivity contribution in [2.75, 3.05) is 6.54 Å². The third-order valence-electron chi connectivity index (χ3n) is 4.97. The van der Waals surface area contributed by atoms with Gasteiger partial charge in [0.1, 0.15) is 5.82 Å². The molecule has 0 saturated carbocycles. The minimum atomic E-state index is -0.179. The molecule has 0 radical (unpaired) electrons. The molecule has 6 heteroatoms. The number of hydrogen-bond donors (Lipinski definition) is 2. The van der Waals surface area contributed by atoms with Gasteiger partial charge in [-0.3, -0.25) is 4.68 Å². The standard InChI is InChI=1S/C21H30FN5/c1-5-23-21(24-12-16-7-6-15(4)19(22)10-16)25-18-9-8-17-13-27(14(2)3)26-20(17)11-18/h6-7,10,13-14,18H,5,8-9,11-12H2,1-4H3,(H2,23,24,25). The van der Waals surface area contributed by atoms with E-state index in [0.29, 0.717) is 24.2 Å². The quantitative estimate of drug-likeness (QED) is 0.625. The monoisotopic (exact) mass is 371 g/mol. The summed E-state index contributed by atoms with van der Waals surface area (Å²) in [5, 5.41) is 11.6. The molecule has 1 aliphatic carbocycles. The highest BCUT2D eigenvalue weighted by Crippen LogP contribution is 2.21. The maximum Gasteiger partial charge on any atom is 0.191 e. The molecule has 3 rings (SSSR count). The Balaban J connectivity index is 1.66. The van der Waals surface area contributed by atoms with Crippen LogP contribution in [-0.4, -0.2) is 28.3 Å². The van der Waals surface area contributed by atoms with E-state index >= 15 is 0 Å². The molecule has 0 fully saturated rings. The number of aryl methyl sites for hydroxylation is 2. The largest absolute Gasteiger partial charge is 0.357 e. The third kappa shape index (κ3) is 4.87. The van der Waals surface area contributed by atoms with E-state index < -0.39 is 0 Å². The molecule has 146 valence electrons. The lowest BCUT2D eigenvalue weighted by Crippen LogP contribution is -2.45. The van der Waals surface area contributed by atoms with Crippen molar-refractivity contribution >= 4 is 5.96 Å². The first-order chi connectivity index (χ1) is 13.0. The number of nitrogens with one attached hydrogen (secondary N) is 2. The molecule has 5 nitrogen and oxygen atoms in total. The lowest BCUT2D eigenvalue weighted by atomic mass is 9.94. The van der Waals surface area contributed by atoms with Gasteiger partial charge in [0.2, 0.25) is 0 Å². The topological polar surface area (TPSA) is 54.2 Å². The van der Waals surface area contributed by atoms with Gasteiger partial charge in [-0.05, 0) is 63.3 Å². The van der Waals surface area contributed by atoms with Crippen LogP contribution in [0.5, 0.6) is 0 Å². The Morgan fingerprint density at radius 2 is 2.22 bits per heavy atom. The van der Waals surface area contributed by atoms with Gasteiger partial charge in [0.25, 0.3) is 0 Å². The molecule has 0 bridgehead atoms. The molecule has 1 unspecified atom stereocenters. The van der Waals surface area contributed by atoms with Crippen LogP contribution in [0.25, 0.3) is 0 Å². The molecule has 1 aromatic heterocycles. The van der Waals surface area contributed by atoms with Crippen LogP contribution in [-0.2, 0) is 19.4 Å². The zero-order valence-corrected chi connectivity index (χ0v) is 16.7. The van der Waals surface area contributed by atoms with Gasteiger partial charge in [-0.1, -0.05) is 12.1 Å². The van der Waals surface area contributed by atoms with E-state index in [1.165, 1.54) is 11.3 Å². The van der Waals surface area contributed by atoms with Crippen LogP contribution in [0.2, 0.25) is 0 Å². The van der Waals surface area contributed by atoms with E-state index in [2.05, 4.69) is 40.4 Å². The van der Waals surface area contributed by atoms with E-state index in [1.807, 2.05) is 13.0 Å². The Kier molecular flexibility index (Phi) is 6.14. The molecule has 1 aliphatic rings. The van der Waals surface area contributed by atoms with Crippen molar-refractivity contribution in [3.63, 3.8) is 0 Å². The fourth-order valence-electron chi connectivity index (χ4n) is 3.32. The maximum absolute atomic E-state index is 13.7. The van der Waals surface area contributed by atoms with Crippen molar-refractivity contribution in [3.05, 3.63) is 52.6 Å². The number of halogens is 1. The van der Waals surface area contributed by atoms with Gasteiger partial charge in [-0.25, -0.2) is 9.38 Å². The Morgan fingerprint density at radius 3 is 2.93 bits per heavy atom. The summed E-state index contributed by atoms with van der Waals surface area (Å²) in [7, 11) is 0. The summed E-state index contributed by atoms with van der Waals surface area (Å²) in [5.41, 5.74) is 4.08. The number of benzene rings is 1. The maximum atomic E-state index is 13.7. The second-order valence-electron chi connectivity index (χ2n) is 7.54. The Labute approximate surface area is 161 Å². The van der Waals surface area contributed by atoms with Crippen LogP contribution in [0, 0.1) is 12.7 Å². The van der Waals surface area contributed by atoms with Gasteiger partial charge >= 0.3 is 0 Å². The normalized spacial score (nSPS) is 17.1. The highest BCUT2D eigenvalue weighted by Gasteiger charge is 2.23. The molecule has 0 aliphatic heterocycles. The van der Waals surface area contributed by atoms with Crippen molar-refractivity contribution < 1.29 is 4.39 Å². The molecule has 2 aromatic rings. The number of fused-ring (bicyclic) bond motifs is 1. The Hall–Kier alpha value is -2.37. The van der Waals surface area contributed by atoms with Gasteiger partial charge in [0.15, 0.2) is 5.96 Å². The van der Waals surface area contributed by atoms with Gasteiger partial charge in [-0.2, -0.15) is 5.10 Å². The first-order valence-electron chi connectivity index (χ1n) is 9.83. The molecule has 0 amide bonds. The number of rotatable bonds is 5. The van der Waals surface area contributed by atoms with E-state index in [4.69, 9.17) is 5.10 Å². The van der Waals surface area contributed by atoms with Crippen molar-refractivity contribution in [2.24, 2.45) is 4.99 Å². The van der Waals surface area contributed by atoms with E-state index in [-0.39, 0.29) is 5.82 Å². The number of guanidine groups is 1. The van der Waals surface area contributed by atoms with E-state index in [9.17, 15) is 4.39 Å². The molecule has 1 heterocycles. The lowest BCUT2D eigenvalue weighted by molar-refractivity contribution is 0.499. The first kappa shape index (κ1) is 19.4. The van der Waals surface area contributed by atoms with Gasteiger partial charge in [0, 0.05) is 31.2 Å². The molecule has 0 saturated heterocycles. The average Bonchev–Trinajstić information content (AvgIpc) is 3.06. The smallest absolute Gasteiger partial charge is 0.191 e. The van der Waals surface area contributed by atoms with Crippen LogP contribution in [0.1, 0.15) is 55.6 Å². The van der Waals surface area contributed by atoms with E-state index in [1.54, 1.807) is 19.1 Å². The van der Waals surface area contributed by atoms with Crippen molar-refractivity contribution in [2.45, 2.75) is 65.6 Å². The third-order valence-corrected chi connectivity index (χ3v) is 4.97. The zero-order valence-electron chi connectivity index (χ0n) is 16.7. The Bertz CT molecular complexity index is 809. The van der Waals surface area contributed by atoms with E-state index in [0.717, 1.165) is 37.3 Å². The van der Waals surface area contributed by atoms with Crippen LogP contribution < -0.4 is 10.6 Å². The van der Waals surface area contributed by atoms with Crippen LogP contribution in [0.15, 0.2) is 29.4 Å². The van der Waals surface area contributed by atoms with Crippen molar-refractivity contribution in [3.8, 4) is 0 Å². The lowest BCUT2D eigenvalue weighted by Gasteiger charge is -2.24.